The molecule has 1 aliphatic carbocycles. The Kier molecular flexibility index (Phi) is 9.44. The number of pyridine rings is 3. The van der Waals surface area contributed by atoms with Crippen LogP contribution >= 0.6 is 0 Å². The summed E-state index contributed by atoms with van der Waals surface area (Å²) in [5.74, 6) is -0.431. The fourth-order valence-electron chi connectivity index (χ4n) is 6.71. The molecule has 1 saturated carbocycles. The van der Waals surface area contributed by atoms with E-state index in [1.54, 1.807) is 33.8 Å². The Morgan fingerprint density at radius 3 is 2.52 bits per heavy atom. The topological polar surface area (TPSA) is 141 Å². The maximum absolute atomic E-state index is 14.2. The van der Waals surface area contributed by atoms with Crippen molar-refractivity contribution in [2.75, 3.05) is 32.8 Å². The van der Waals surface area contributed by atoms with E-state index >= 15 is 0 Å². The average molecular weight is 740 g/mol. The zero-order valence-electron chi connectivity index (χ0n) is 30.0. The molecule has 7 rings (SSSR count). The molecule has 0 amide bonds. The van der Waals surface area contributed by atoms with Gasteiger partial charge < -0.3 is 14.2 Å². The molecule has 4 aromatic rings. The number of carbonyl (C=O) groups is 1. The minimum absolute atomic E-state index is 0.00271. The van der Waals surface area contributed by atoms with Crippen molar-refractivity contribution in [1.82, 2.24) is 33.8 Å². The summed E-state index contributed by atoms with van der Waals surface area (Å²) in [5.41, 5.74) is 1.36. The minimum atomic E-state index is -4.04. The third-order valence-electron chi connectivity index (χ3n) is 10.1. The second-order valence-electron chi connectivity index (χ2n) is 14.7. The van der Waals surface area contributed by atoms with Gasteiger partial charge in [0.1, 0.15) is 22.9 Å². The molecule has 0 atom stereocenters. The van der Waals surface area contributed by atoms with Gasteiger partial charge in [-0.25, -0.2) is 17.2 Å². The molecule has 2 aliphatic heterocycles. The van der Waals surface area contributed by atoms with Gasteiger partial charge in [-0.05, 0) is 97.2 Å². The molecule has 16 heteroatoms. The number of halogens is 2. The lowest BCUT2D eigenvalue weighted by atomic mass is 9.87. The molecular formula is C36H43F2N7O6S. The van der Waals surface area contributed by atoms with Crippen LogP contribution in [0.15, 0.2) is 35.4 Å². The number of carbonyl (C=O) groups excluding carboxylic acids is 1. The number of aryl methyl sites for hydroxylation is 3. The molecule has 1 saturated heterocycles. The van der Waals surface area contributed by atoms with Crippen LogP contribution in [0.5, 0.6) is 17.5 Å². The Morgan fingerprint density at radius 2 is 1.81 bits per heavy atom. The highest BCUT2D eigenvalue weighted by molar-refractivity contribution is 7.89. The van der Waals surface area contributed by atoms with Crippen LogP contribution in [0.1, 0.15) is 79.9 Å². The number of esters is 1. The molecular weight excluding hydrogens is 697 g/mol. The Balaban J connectivity index is 1.08. The van der Waals surface area contributed by atoms with Crippen molar-refractivity contribution in [2.45, 2.75) is 90.2 Å². The third kappa shape index (κ3) is 7.07. The summed E-state index contributed by atoms with van der Waals surface area (Å²) in [6, 6.07) is 6.69. The smallest absolute Gasteiger partial charge is 0.317 e. The van der Waals surface area contributed by atoms with Crippen molar-refractivity contribution in [2.24, 2.45) is 5.41 Å². The maximum atomic E-state index is 14.2. The summed E-state index contributed by atoms with van der Waals surface area (Å²) in [6.07, 6.45) is 2.49. The molecule has 0 radical (unpaired) electrons. The quantitative estimate of drug-likeness (QED) is 0.189. The summed E-state index contributed by atoms with van der Waals surface area (Å²) in [5, 5.41) is 7.40. The number of fused-ring (bicyclic) bond motifs is 2. The van der Waals surface area contributed by atoms with Gasteiger partial charge in [0.2, 0.25) is 27.6 Å². The highest BCUT2D eigenvalue weighted by atomic mass is 32.2. The van der Waals surface area contributed by atoms with E-state index in [1.807, 2.05) is 19.1 Å². The van der Waals surface area contributed by atoms with E-state index < -0.39 is 39.3 Å². The molecule has 52 heavy (non-hydrogen) atoms. The van der Waals surface area contributed by atoms with Gasteiger partial charge in [0.25, 0.3) is 6.43 Å². The lowest BCUT2D eigenvalue weighted by Gasteiger charge is -2.25. The van der Waals surface area contributed by atoms with Crippen LogP contribution in [0, 0.1) is 26.2 Å². The van der Waals surface area contributed by atoms with E-state index in [9.17, 15) is 22.0 Å². The number of likely N-dealkylation sites (tertiary alicyclic amines) is 1. The monoisotopic (exact) mass is 739 g/mol. The first-order chi connectivity index (χ1) is 24.7. The highest BCUT2D eigenvalue weighted by Crippen LogP contribution is 2.47. The minimum Gasteiger partial charge on any atom is -0.476 e. The number of nitrogens with zero attached hydrogens (tertiary/aromatic N) is 7. The third-order valence-corrected chi connectivity index (χ3v) is 11.9. The van der Waals surface area contributed by atoms with E-state index in [1.165, 1.54) is 33.8 Å². The molecule has 13 nitrogen and oxygen atoms in total. The number of hydrogen-bond donors (Lipinski definition) is 0. The van der Waals surface area contributed by atoms with Crippen LogP contribution in [0.4, 0.5) is 8.78 Å². The molecule has 278 valence electrons. The van der Waals surface area contributed by atoms with Crippen molar-refractivity contribution < 1.29 is 36.2 Å². The molecule has 4 aromatic heterocycles. The van der Waals surface area contributed by atoms with Gasteiger partial charge >= 0.3 is 5.97 Å². The second kappa shape index (κ2) is 13.6. The van der Waals surface area contributed by atoms with Crippen molar-refractivity contribution in [3.05, 3.63) is 64.4 Å². The van der Waals surface area contributed by atoms with Crippen molar-refractivity contribution in [3.8, 4) is 17.5 Å². The Bertz CT molecular complexity index is 2130. The summed E-state index contributed by atoms with van der Waals surface area (Å²) in [4.78, 5) is 25.3. The van der Waals surface area contributed by atoms with Gasteiger partial charge in [-0.15, -0.1) is 10.2 Å². The van der Waals surface area contributed by atoms with Gasteiger partial charge in [0.05, 0.1) is 24.2 Å². The average Bonchev–Trinajstić information content (AvgIpc) is 3.44. The molecule has 3 aliphatic rings. The van der Waals surface area contributed by atoms with Gasteiger partial charge in [-0.3, -0.25) is 19.1 Å². The maximum Gasteiger partial charge on any atom is 0.317 e. The number of ether oxygens (including phenoxy) is 3. The Morgan fingerprint density at radius 1 is 1.06 bits per heavy atom. The molecule has 0 unspecified atom stereocenters. The van der Waals surface area contributed by atoms with Crippen molar-refractivity contribution in [1.29, 1.82) is 0 Å². The molecule has 0 bridgehead atoms. The van der Waals surface area contributed by atoms with Crippen LogP contribution in [-0.2, 0) is 27.8 Å². The highest BCUT2D eigenvalue weighted by Gasteiger charge is 2.53. The first kappa shape index (κ1) is 36.1. The number of aromatic nitrogens is 5. The van der Waals surface area contributed by atoms with Gasteiger partial charge in [-0.1, -0.05) is 6.07 Å². The zero-order valence-corrected chi connectivity index (χ0v) is 30.8. The van der Waals surface area contributed by atoms with E-state index in [2.05, 4.69) is 20.1 Å². The summed E-state index contributed by atoms with van der Waals surface area (Å²) in [7, 11) is -4.04. The van der Waals surface area contributed by atoms with E-state index in [-0.39, 0.29) is 41.7 Å². The number of rotatable bonds is 11. The van der Waals surface area contributed by atoms with Crippen LogP contribution in [0.2, 0.25) is 0 Å². The molecule has 0 aromatic carbocycles. The summed E-state index contributed by atoms with van der Waals surface area (Å²) < 4.78 is 75.8. The molecule has 1 spiro atoms. The fourth-order valence-corrected chi connectivity index (χ4v) is 8.32. The van der Waals surface area contributed by atoms with Crippen molar-refractivity contribution in [3.63, 3.8) is 0 Å². The number of hydrogen-bond acceptors (Lipinski definition) is 11. The lowest BCUT2D eigenvalue weighted by molar-refractivity contribution is -0.144. The first-order valence-electron chi connectivity index (χ1n) is 17.5. The SMILES string of the molecule is Cc1ccc(CC(C)(C)C(=O)Oc2ccn3c(C(F)F)nnc3c2C)nc1CN1CC2(CC2)Oc2nc(OCCN3CCCC3)c(C)cc2S1(=O)=O. The van der Waals surface area contributed by atoms with Gasteiger partial charge in [0, 0.05) is 36.0 Å². The van der Waals surface area contributed by atoms with Crippen LogP contribution in [0.3, 0.4) is 0 Å². The van der Waals surface area contributed by atoms with Gasteiger partial charge in [-0.2, -0.15) is 9.29 Å². The normalized spacial score (nSPS) is 18.4. The van der Waals surface area contributed by atoms with Gasteiger partial charge in [0.15, 0.2) is 5.65 Å². The Labute approximate surface area is 301 Å². The predicted molar refractivity (Wildman–Crippen MR) is 185 cm³/mol. The second-order valence-corrected chi connectivity index (χ2v) is 16.6. The summed E-state index contributed by atoms with van der Waals surface area (Å²) in [6.45, 7) is 12.2. The van der Waals surface area contributed by atoms with E-state index in [0.717, 1.165) is 25.2 Å². The summed E-state index contributed by atoms with van der Waals surface area (Å²) >= 11 is 0. The van der Waals surface area contributed by atoms with Crippen LogP contribution in [-0.4, -0.2) is 86.5 Å². The fraction of sp³-hybridized carbons (Fsp3) is 0.528. The molecule has 2 fully saturated rings. The predicted octanol–water partition coefficient (Wildman–Crippen LogP) is 5.15. The largest absolute Gasteiger partial charge is 0.476 e. The van der Waals surface area contributed by atoms with Crippen LogP contribution < -0.4 is 14.2 Å². The lowest BCUT2D eigenvalue weighted by Crippen LogP contribution is -2.38. The molecule has 0 N–H and O–H groups in total. The zero-order chi connectivity index (χ0) is 37.0. The van der Waals surface area contributed by atoms with E-state index in [0.29, 0.717) is 47.8 Å². The first-order valence-corrected chi connectivity index (χ1v) is 19.0. The number of sulfonamides is 1. The van der Waals surface area contributed by atoms with Crippen LogP contribution in [0.25, 0.3) is 5.65 Å². The van der Waals surface area contributed by atoms with E-state index in [4.69, 9.17) is 19.2 Å². The Hall–Kier alpha value is -4.28. The number of alkyl halides is 2. The standard InChI is InChI=1S/C36H43F2N7O6S/c1-22-8-9-25(19-35(4,5)34(46)50-27-10-15-45-30(24(27)3)41-42-31(45)29(37)38)39-26(22)20-44-21-36(11-12-36)51-33-28(52(44,47)48)18-23(2)32(40-33)49-17-16-43-13-6-7-14-43/h8-10,15,18,29H,6-7,11-14,16-17,19-21H2,1-5H3. The van der Waals surface area contributed by atoms with Crippen molar-refractivity contribution >= 4 is 21.6 Å². The molecule has 6 heterocycles.